The maximum Gasteiger partial charge on any atom is 0.323 e. The van der Waals surface area contributed by atoms with E-state index in [1.165, 1.54) is 24.0 Å². The molecule has 0 aliphatic carbocycles. The Morgan fingerprint density at radius 2 is 2.12 bits per heavy atom. The molecule has 7 heteroatoms. The van der Waals surface area contributed by atoms with Crippen molar-refractivity contribution >= 4 is 23.5 Å². The standard InChI is InChI=1S/C17H22ClFN2O3/c1-12(22)21(11-17(23)24)15-3-2-7-20(8-6-15)10-13-4-5-14(19)9-16(13)18/h4-5,9,15H,2-3,6-8,10-11H2,1H3,(H,23,24). The number of aliphatic carboxylic acids is 1. The number of benzene rings is 1. The molecule has 1 atom stereocenters. The van der Waals surface area contributed by atoms with E-state index in [4.69, 9.17) is 16.7 Å². The molecule has 1 fully saturated rings. The van der Waals surface area contributed by atoms with Gasteiger partial charge in [0, 0.05) is 31.1 Å². The maximum absolute atomic E-state index is 13.1. The summed E-state index contributed by atoms with van der Waals surface area (Å²) in [7, 11) is 0. The molecule has 0 bridgehead atoms. The van der Waals surface area contributed by atoms with E-state index in [-0.39, 0.29) is 24.3 Å². The number of hydrogen-bond acceptors (Lipinski definition) is 3. The Labute approximate surface area is 146 Å². The summed E-state index contributed by atoms with van der Waals surface area (Å²) >= 11 is 6.08. The van der Waals surface area contributed by atoms with Crippen molar-refractivity contribution in [2.75, 3.05) is 19.6 Å². The summed E-state index contributed by atoms with van der Waals surface area (Å²) in [6.45, 7) is 3.34. The normalized spacial score (nSPS) is 18.9. The molecule has 1 N–H and O–H groups in total. The predicted molar refractivity (Wildman–Crippen MR) is 89.3 cm³/mol. The lowest BCUT2D eigenvalue weighted by atomic mass is 10.1. The molecule has 5 nitrogen and oxygen atoms in total. The lowest BCUT2D eigenvalue weighted by Gasteiger charge is -2.29. The first kappa shape index (κ1) is 18.7. The highest BCUT2D eigenvalue weighted by molar-refractivity contribution is 6.31. The van der Waals surface area contributed by atoms with E-state index in [1.807, 2.05) is 0 Å². The number of rotatable bonds is 5. The van der Waals surface area contributed by atoms with E-state index in [9.17, 15) is 14.0 Å². The Hall–Kier alpha value is -1.66. The van der Waals surface area contributed by atoms with E-state index >= 15 is 0 Å². The zero-order valence-corrected chi connectivity index (χ0v) is 14.4. The number of hydrogen-bond donors (Lipinski definition) is 1. The van der Waals surface area contributed by atoms with Crippen LogP contribution in [0.2, 0.25) is 5.02 Å². The van der Waals surface area contributed by atoms with Crippen molar-refractivity contribution < 1.29 is 19.1 Å². The smallest absolute Gasteiger partial charge is 0.323 e. The molecular formula is C17H22ClFN2O3. The van der Waals surface area contributed by atoms with Gasteiger partial charge in [-0.25, -0.2) is 4.39 Å². The van der Waals surface area contributed by atoms with Crippen LogP contribution in [0.5, 0.6) is 0 Å². The number of nitrogens with zero attached hydrogens (tertiary/aromatic N) is 2. The van der Waals surface area contributed by atoms with Gasteiger partial charge in [-0.15, -0.1) is 0 Å². The second kappa shape index (κ2) is 8.44. The van der Waals surface area contributed by atoms with Crippen LogP contribution < -0.4 is 0 Å². The van der Waals surface area contributed by atoms with Crippen molar-refractivity contribution in [3.63, 3.8) is 0 Å². The highest BCUT2D eigenvalue weighted by atomic mass is 35.5. The van der Waals surface area contributed by atoms with Crippen molar-refractivity contribution in [2.24, 2.45) is 0 Å². The third-order valence-corrected chi connectivity index (χ3v) is 4.70. The molecule has 132 valence electrons. The van der Waals surface area contributed by atoms with E-state index < -0.39 is 5.97 Å². The van der Waals surface area contributed by atoms with Gasteiger partial charge in [-0.1, -0.05) is 17.7 Å². The van der Waals surface area contributed by atoms with Gasteiger partial charge in [-0.3, -0.25) is 14.5 Å². The van der Waals surface area contributed by atoms with Crippen LogP contribution in [0.1, 0.15) is 31.7 Å². The first-order chi connectivity index (χ1) is 11.4. The highest BCUT2D eigenvalue weighted by Gasteiger charge is 2.26. The van der Waals surface area contributed by atoms with E-state index in [1.54, 1.807) is 6.07 Å². The highest BCUT2D eigenvalue weighted by Crippen LogP contribution is 2.22. The fourth-order valence-electron chi connectivity index (χ4n) is 3.14. The zero-order valence-electron chi connectivity index (χ0n) is 13.7. The van der Waals surface area contributed by atoms with Crippen molar-refractivity contribution in [2.45, 2.75) is 38.8 Å². The number of carbonyl (C=O) groups excluding carboxylic acids is 1. The lowest BCUT2D eigenvalue weighted by molar-refractivity contribution is -0.145. The molecular weight excluding hydrogens is 335 g/mol. The summed E-state index contributed by atoms with van der Waals surface area (Å²) in [5.74, 6) is -1.56. The molecule has 1 saturated heterocycles. The van der Waals surface area contributed by atoms with Crippen LogP contribution in [0, 0.1) is 5.82 Å². The molecule has 2 rings (SSSR count). The van der Waals surface area contributed by atoms with E-state index in [2.05, 4.69) is 4.90 Å². The van der Waals surface area contributed by atoms with Crippen molar-refractivity contribution in [3.8, 4) is 0 Å². The molecule has 1 aliphatic heterocycles. The van der Waals surface area contributed by atoms with Gasteiger partial charge in [0.25, 0.3) is 0 Å². The Kier molecular flexibility index (Phi) is 6.57. The SMILES string of the molecule is CC(=O)N(CC(=O)O)C1CCCN(Cc2ccc(F)cc2Cl)CC1. The summed E-state index contributed by atoms with van der Waals surface area (Å²) < 4.78 is 13.1. The molecule has 1 amide bonds. The fourth-order valence-corrected chi connectivity index (χ4v) is 3.37. The largest absolute Gasteiger partial charge is 0.480 e. The van der Waals surface area contributed by atoms with Crippen molar-refractivity contribution in [1.29, 1.82) is 0 Å². The Morgan fingerprint density at radius 3 is 2.75 bits per heavy atom. The molecule has 0 spiro atoms. The summed E-state index contributed by atoms with van der Waals surface area (Å²) in [5.41, 5.74) is 0.866. The molecule has 1 aliphatic rings. The minimum atomic E-state index is -0.996. The van der Waals surface area contributed by atoms with Crippen LogP contribution in [0.25, 0.3) is 0 Å². The average molecular weight is 357 g/mol. The summed E-state index contributed by atoms with van der Waals surface area (Å²) in [6, 6.07) is 4.33. The van der Waals surface area contributed by atoms with Crippen LogP contribution in [0.15, 0.2) is 18.2 Å². The fraction of sp³-hybridized carbons (Fsp3) is 0.529. The number of likely N-dealkylation sites (tertiary alicyclic amines) is 1. The maximum atomic E-state index is 13.1. The number of carbonyl (C=O) groups is 2. The predicted octanol–water partition coefficient (Wildman–Crippen LogP) is 2.77. The molecule has 0 aromatic heterocycles. The second-order valence-electron chi connectivity index (χ2n) is 6.14. The second-order valence-corrected chi connectivity index (χ2v) is 6.54. The Bertz CT molecular complexity index is 611. The Balaban J connectivity index is 1.98. The topological polar surface area (TPSA) is 60.9 Å². The summed E-state index contributed by atoms with van der Waals surface area (Å²) in [4.78, 5) is 26.3. The van der Waals surface area contributed by atoms with Gasteiger partial charge in [0.2, 0.25) is 5.91 Å². The lowest BCUT2D eigenvalue weighted by Crippen LogP contribution is -2.42. The van der Waals surface area contributed by atoms with Crippen LogP contribution in [0.4, 0.5) is 4.39 Å². The van der Waals surface area contributed by atoms with Crippen LogP contribution in [-0.4, -0.2) is 52.5 Å². The third kappa shape index (κ3) is 5.18. The van der Waals surface area contributed by atoms with Gasteiger partial charge in [-0.05, 0) is 43.5 Å². The van der Waals surface area contributed by atoms with Gasteiger partial charge in [0.15, 0.2) is 0 Å². The molecule has 1 aromatic rings. The number of amides is 1. The first-order valence-corrected chi connectivity index (χ1v) is 8.40. The molecule has 1 aromatic carbocycles. The number of carboxylic acids is 1. The van der Waals surface area contributed by atoms with Crippen LogP contribution in [0.3, 0.4) is 0 Å². The van der Waals surface area contributed by atoms with Gasteiger partial charge >= 0.3 is 5.97 Å². The van der Waals surface area contributed by atoms with Gasteiger partial charge < -0.3 is 10.0 Å². The summed E-state index contributed by atoms with van der Waals surface area (Å²) in [5, 5.41) is 9.39. The minimum Gasteiger partial charge on any atom is -0.480 e. The van der Waals surface area contributed by atoms with Gasteiger partial charge in [0.05, 0.1) is 0 Å². The Morgan fingerprint density at radius 1 is 1.38 bits per heavy atom. The number of carboxylic acid groups (broad SMARTS) is 1. The first-order valence-electron chi connectivity index (χ1n) is 8.02. The van der Waals surface area contributed by atoms with Gasteiger partial charge in [0.1, 0.15) is 12.4 Å². The van der Waals surface area contributed by atoms with Crippen LogP contribution in [-0.2, 0) is 16.1 Å². The van der Waals surface area contributed by atoms with E-state index in [0.29, 0.717) is 18.0 Å². The summed E-state index contributed by atoms with van der Waals surface area (Å²) in [6.07, 6.45) is 2.36. The van der Waals surface area contributed by atoms with Crippen molar-refractivity contribution in [1.82, 2.24) is 9.80 Å². The molecule has 0 saturated carbocycles. The zero-order chi connectivity index (χ0) is 17.7. The van der Waals surface area contributed by atoms with Crippen molar-refractivity contribution in [3.05, 3.63) is 34.6 Å². The quantitative estimate of drug-likeness (QED) is 0.881. The monoisotopic (exact) mass is 356 g/mol. The van der Waals surface area contributed by atoms with Crippen LogP contribution >= 0.6 is 11.6 Å². The van der Waals surface area contributed by atoms with E-state index in [0.717, 1.165) is 31.5 Å². The average Bonchev–Trinajstić information content (AvgIpc) is 2.73. The number of halogens is 2. The molecule has 24 heavy (non-hydrogen) atoms. The minimum absolute atomic E-state index is 0.0627. The molecule has 1 heterocycles. The van der Waals surface area contributed by atoms with Gasteiger partial charge in [-0.2, -0.15) is 0 Å². The third-order valence-electron chi connectivity index (χ3n) is 4.35. The molecule has 1 unspecified atom stereocenters. The molecule has 0 radical (unpaired) electrons.